The van der Waals surface area contributed by atoms with Crippen LogP contribution in [0.25, 0.3) is 0 Å². The molecule has 0 bridgehead atoms. The summed E-state index contributed by atoms with van der Waals surface area (Å²) in [4.78, 5) is 14.3. The van der Waals surface area contributed by atoms with Gasteiger partial charge in [0.05, 0.1) is 19.0 Å². The lowest BCUT2D eigenvalue weighted by molar-refractivity contribution is -0.138. The fourth-order valence-electron chi connectivity index (χ4n) is 2.60. The van der Waals surface area contributed by atoms with Crippen molar-refractivity contribution in [2.24, 2.45) is 5.92 Å². The molecule has 1 heterocycles. The number of carbonyl (C=O) groups is 1. The number of carbonyl (C=O) groups excluding carboxylic acids is 1. The molecule has 7 heteroatoms. The van der Waals surface area contributed by atoms with Crippen LogP contribution in [0.2, 0.25) is 0 Å². The van der Waals surface area contributed by atoms with Gasteiger partial charge in [0.1, 0.15) is 6.04 Å². The summed E-state index contributed by atoms with van der Waals surface area (Å²) in [6, 6.07) is 8.72. The van der Waals surface area contributed by atoms with E-state index in [1.54, 1.807) is 4.90 Å². The van der Waals surface area contributed by atoms with Gasteiger partial charge in [0.25, 0.3) is 0 Å². The van der Waals surface area contributed by atoms with Crippen LogP contribution in [-0.2, 0) is 26.0 Å². The second-order valence-electron chi connectivity index (χ2n) is 6.33. The molecule has 0 aromatic heterocycles. The first-order valence-electron chi connectivity index (χ1n) is 8.29. The summed E-state index contributed by atoms with van der Waals surface area (Å²) in [5.41, 5.74) is 0.962. The molecule has 1 atom stereocenters. The Labute approximate surface area is 144 Å². The summed E-state index contributed by atoms with van der Waals surface area (Å²) < 4.78 is 32.6. The molecule has 1 aromatic rings. The second-order valence-corrected chi connectivity index (χ2v) is 8.21. The van der Waals surface area contributed by atoms with Gasteiger partial charge in [0.2, 0.25) is 15.9 Å². The molecule has 1 N–H and O–H groups in total. The monoisotopic (exact) mass is 354 g/mol. The minimum Gasteiger partial charge on any atom is -0.378 e. The Bertz CT molecular complexity index is 625. The van der Waals surface area contributed by atoms with E-state index in [-0.39, 0.29) is 17.6 Å². The van der Waals surface area contributed by atoms with E-state index < -0.39 is 16.1 Å². The Morgan fingerprint density at radius 1 is 1.21 bits per heavy atom. The Morgan fingerprint density at radius 3 is 2.42 bits per heavy atom. The molecule has 1 aliphatic heterocycles. The van der Waals surface area contributed by atoms with Gasteiger partial charge < -0.3 is 9.64 Å². The molecule has 0 aliphatic carbocycles. The van der Waals surface area contributed by atoms with Crippen LogP contribution >= 0.6 is 0 Å². The van der Waals surface area contributed by atoms with Crippen molar-refractivity contribution < 1.29 is 17.9 Å². The lowest BCUT2D eigenvalue weighted by Gasteiger charge is -2.32. The molecule has 6 nitrogen and oxygen atoms in total. The third-order valence-electron chi connectivity index (χ3n) is 4.06. The standard InChI is InChI=1S/C17H26N2O4S/c1-14(2)16(17(20)19-9-11-23-12-10-19)18-24(21,22)13-8-15-6-4-3-5-7-15/h3-7,14,16,18H,8-13H2,1-2H3/t16-/m1/s1. The van der Waals surface area contributed by atoms with Crippen LogP contribution in [0.1, 0.15) is 19.4 Å². The van der Waals surface area contributed by atoms with E-state index in [1.165, 1.54) is 0 Å². The Balaban J connectivity index is 1.98. The van der Waals surface area contributed by atoms with Gasteiger partial charge in [-0.2, -0.15) is 0 Å². The van der Waals surface area contributed by atoms with E-state index in [9.17, 15) is 13.2 Å². The fourth-order valence-corrected chi connectivity index (χ4v) is 3.98. The zero-order chi connectivity index (χ0) is 17.6. The van der Waals surface area contributed by atoms with E-state index in [2.05, 4.69) is 4.72 Å². The van der Waals surface area contributed by atoms with Crippen LogP contribution in [0.3, 0.4) is 0 Å². The van der Waals surface area contributed by atoms with E-state index in [1.807, 2.05) is 44.2 Å². The van der Waals surface area contributed by atoms with Gasteiger partial charge >= 0.3 is 0 Å². The SMILES string of the molecule is CC(C)[C@@H](NS(=O)(=O)CCc1ccccc1)C(=O)N1CCOCC1. The summed E-state index contributed by atoms with van der Waals surface area (Å²) in [6.07, 6.45) is 0.423. The predicted molar refractivity (Wildman–Crippen MR) is 93.1 cm³/mol. The molecular formula is C17H26N2O4S. The van der Waals surface area contributed by atoms with E-state index in [4.69, 9.17) is 4.74 Å². The highest BCUT2D eigenvalue weighted by Gasteiger charge is 2.31. The number of hydrogen-bond donors (Lipinski definition) is 1. The number of rotatable bonds is 7. The third-order valence-corrected chi connectivity index (χ3v) is 5.42. The number of hydrogen-bond acceptors (Lipinski definition) is 4. The van der Waals surface area contributed by atoms with Crippen LogP contribution in [-0.4, -0.2) is 57.3 Å². The van der Waals surface area contributed by atoms with Gasteiger partial charge in [-0.25, -0.2) is 13.1 Å². The van der Waals surface area contributed by atoms with Gasteiger partial charge in [-0.3, -0.25) is 4.79 Å². The van der Waals surface area contributed by atoms with Crippen molar-refractivity contribution in [2.75, 3.05) is 32.1 Å². The van der Waals surface area contributed by atoms with Crippen molar-refractivity contribution in [2.45, 2.75) is 26.3 Å². The third kappa shape index (κ3) is 5.58. The number of nitrogens with one attached hydrogen (secondary N) is 1. The molecule has 24 heavy (non-hydrogen) atoms. The van der Waals surface area contributed by atoms with Gasteiger partial charge in [-0.05, 0) is 17.9 Å². The molecule has 134 valence electrons. The number of nitrogens with zero attached hydrogens (tertiary/aromatic N) is 1. The highest BCUT2D eigenvalue weighted by atomic mass is 32.2. The number of ether oxygens (including phenoxy) is 1. The molecule has 1 saturated heterocycles. The Hall–Kier alpha value is -1.44. The highest BCUT2D eigenvalue weighted by Crippen LogP contribution is 2.11. The van der Waals surface area contributed by atoms with E-state index in [0.29, 0.717) is 32.7 Å². The minimum atomic E-state index is -3.54. The van der Waals surface area contributed by atoms with E-state index >= 15 is 0 Å². The lowest BCUT2D eigenvalue weighted by atomic mass is 10.0. The predicted octanol–water partition coefficient (Wildman–Crippen LogP) is 1.03. The van der Waals surface area contributed by atoms with Crippen molar-refractivity contribution in [3.8, 4) is 0 Å². The lowest BCUT2D eigenvalue weighted by Crippen LogP contribution is -2.54. The molecule has 2 rings (SSSR count). The number of amides is 1. The van der Waals surface area contributed by atoms with E-state index in [0.717, 1.165) is 5.56 Å². The molecule has 0 radical (unpaired) electrons. The van der Waals surface area contributed by atoms with Crippen molar-refractivity contribution in [3.63, 3.8) is 0 Å². The fraction of sp³-hybridized carbons (Fsp3) is 0.588. The summed E-state index contributed by atoms with van der Waals surface area (Å²) in [7, 11) is -3.54. The number of morpholine rings is 1. The summed E-state index contributed by atoms with van der Waals surface area (Å²) >= 11 is 0. The Morgan fingerprint density at radius 2 is 1.83 bits per heavy atom. The number of aryl methyl sites for hydroxylation is 1. The second kappa shape index (κ2) is 8.60. The van der Waals surface area contributed by atoms with Crippen molar-refractivity contribution in [1.29, 1.82) is 0 Å². The van der Waals surface area contributed by atoms with Crippen molar-refractivity contribution >= 4 is 15.9 Å². The maximum atomic E-state index is 12.6. The quantitative estimate of drug-likeness (QED) is 0.794. The zero-order valence-electron chi connectivity index (χ0n) is 14.3. The van der Waals surface area contributed by atoms with Crippen LogP contribution in [0.15, 0.2) is 30.3 Å². The average molecular weight is 354 g/mol. The summed E-state index contributed by atoms with van der Waals surface area (Å²) in [5.74, 6) is -0.320. The van der Waals surface area contributed by atoms with Crippen LogP contribution in [0, 0.1) is 5.92 Å². The summed E-state index contributed by atoms with van der Waals surface area (Å²) in [6.45, 7) is 5.71. The highest BCUT2D eigenvalue weighted by molar-refractivity contribution is 7.89. The first kappa shape index (κ1) is 18.9. The largest absolute Gasteiger partial charge is 0.378 e. The molecular weight excluding hydrogens is 328 g/mol. The first-order valence-corrected chi connectivity index (χ1v) is 9.95. The zero-order valence-corrected chi connectivity index (χ0v) is 15.1. The molecule has 1 aliphatic rings. The molecule has 0 spiro atoms. The normalized spacial score (nSPS) is 17.0. The van der Waals surface area contributed by atoms with Crippen molar-refractivity contribution in [1.82, 2.24) is 9.62 Å². The minimum absolute atomic E-state index is 0.0311. The Kier molecular flexibility index (Phi) is 6.77. The smallest absolute Gasteiger partial charge is 0.241 e. The van der Waals surface area contributed by atoms with Gasteiger partial charge in [0, 0.05) is 13.1 Å². The van der Waals surface area contributed by atoms with Gasteiger partial charge in [-0.15, -0.1) is 0 Å². The maximum Gasteiger partial charge on any atom is 0.241 e. The molecule has 1 aromatic carbocycles. The molecule has 1 amide bonds. The summed E-state index contributed by atoms with van der Waals surface area (Å²) in [5, 5.41) is 0. The molecule has 1 fully saturated rings. The topological polar surface area (TPSA) is 75.7 Å². The van der Waals surface area contributed by atoms with Crippen LogP contribution in [0.4, 0.5) is 0 Å². The van der Waals surface area contributed by atoms with Gasteiger partial charge in [-0.1, -0.05) is 44.2 Å². The first-order chi connectivity index (χ1) is 11.4. The molecule has 0 unspecified atom stereocenters. The molecule has 0 saturated carbocycles. The van der Waals surface area contributed by atoms with Crippen LogP contribution < -0.4 is 4.72 Å². The number of sulfonamides is 1. The van der Waals surface area contributed by atoms with Crippen molar-refractivity contribution in [3.05, 3.63) is 35.9 Å². The maximum absolute atomic E-state index is 12.6. The van der Waals surface area contributed by atoms with Crippen LogP contribution in [0.5, 0.6) is 0 Å². The van der Waals surface area contributed by atoms with Gasteiger partial charge in [0.15, 0.2) is 0 Å². The average Bonchev–Trinajstić information content (AvgIpc) is 2.59. The number of benzene rings is 1.